The lowest BCUT2D eigenvalue weighted by atomic mass is 9.86. The van der Waals surface area contributed by atoms with Gasteiger partial charge in [0.05, 0.1) is 19.6 Å². The number of rotatable bonds is 7. The zero-order chi connectivity index (χ0) is 26.0. The van der Waals surface area contributed by atoms with E-state index in [-0.39, 0.29) is 29.0 Å². The second kappa shape index (κ2) is 9.90. The van der Waals surface area contributed by atoms with Gasteiger partial charge in [-0.2, -0.15) is 0 Å². The van der Waals surface area contributed by atoms with Crippen LogP contribution >= 0.6 is 0 Å². The SMILES string of the molecule is COc1ccc(C(=O)COc2c(-c3ccc(C(C)(C)C)cc3)oc3cc(C)ccc3c2=O)cc1OC. The zero-order valence-electron chi connectivity index (χ0n) is 21.4. The molecule has 0 atom stereocenters. The highest BCUT2D eigenvalue weighted by Gasteiger charge is 2.21. The number of benzene rings is 3. The number of carbonyl (C=O) groups excluding carboxylic acids is 1. The third kappa shape index (κ3) is 4.98. The molecule has 1 aromatic heterocycles. The molecule has 4 aromatic rings. The monoisotopic (exact) mass is 486 g/mol. The van der Waals surface area contributed by atoms with Crippen molar-refractivity contribution in [1.29, 1.82) is 0 Å². The Kier molecular flexibility index (Phi) is 6.88. The average molecular weight is 487 g/mol. The maximum atomic E-state index is 13.5. The van der Waals surface area contributed by atoms with E-state index in [4.69, 9.17) is 18.6 Å². The van der Waals surface area contributed by atoms with E-state index in [2.05, 4.69) is 20.8 Å². The van der Waals surface area contributed by atoms with Crippen LogP contribution in [0.1, 0.15) is 42.3 Å². The summed E-state index contributed by atoms with van der Waals surface area (Å²) in [7, 11) is 3.03. The highest BCUT2D eigenvalue weighted by molar-refractivity contribution is 5.98. The molecular formula is C30H30O6. The van der Waals surface area contributed by atoms with Crippen molar-refractivity contribution >= 4 is 16.8 Å². The average Bonchev–Trinajstić information content (AvgIpc) is 2.86. The van der Waals surface area contributed by atoms with Crippen LogP contribution in [-0.4, -0.2) is 26.6 Å². The van der Waals surface area contributed by atoms with Gasteiger partial charge in [0.2, 0.25) is 11.2 Å². The summed E-state index contributed by atoms with van der Waals surface area (Å²) >= 11 is 0. The first-order valence-corrected chi connectivity index (χ1v) is 11.7. The molecule has 0 saturated carbocycles. The summed E-state index contributed by atoms with van der Waals surface area (Å²) in [6.45, 7) is 7.99. The van der Waals surface area contributed by atoms with Gasteiger partial charge in [0.1, 0.15) is 5.58 Å². The second-order valence-electron chi connectivity index (χ2n) is 9.70. The highest BCUT2D eigenvalue weighted by atomic mass is 16.5. The van der Waals surface area contributed by atoms with Crippen LogP contribution in [0.2, 0.25) is 0 Å². The second-order valence-corrected chi connectivity index (χ2v) is 9.70. The molecule has 0 unspecified atom stereocenters. The Morgan fingerprint density at radius 1 is 0.889 bits per heavy atom. The van der Waals surface area contributed by atoms with E-state index in [0.717, 1.165) is 11.1 Å². The number of methoxy groups -OCH3 is 2. The van der Waals surface area contributed by atoms with Crippen LogP contribution in [-0.2, 0) is 5.41 Å². The molecule has 6 heteroatoms. The number of carbonyl (C=O) groups is 1. The normalized spacial score (nSPS) is 11.4. The molecule has 0 aliphatic rings. The fourth-order valence-corrected chi connectivity index (χ4v) is 3.96. The summed E-state index contributed by atoms with van der Waals surface area (Å²) in [5.74, 6) is 0.931. The first kappa shape index (κ1) is 25.0. The molecule has 3 aromatic carbocycles. The fourth-order valence-electron chi connectivity index (χ4n) is 3.96. The summed E-state index contributed by atoms with van der Waals surface area (Å²) in [4.78, 5) is 26.4. The van der Waals surface area contributed by atoms with Crippen LogP contribution in [0.15, 0.2) is 69.9 Å². The predicted octanol–water partition coefficient (Wildman–Crippen LogP) is 6.34. The molecule has 0 aliphatic heterocycles. The number of ketones is 1. The van der Waals surface area contributed by atoms with Crippen molar-refractivity contribution in [2.75, 3.05) is 20.8 Å². The summed E-state index contributed by atoms with van der Waals surface area (Å²) < 4.78 is 22.6. The van der Waals surface area contributed by atoms with Crippen molar-refractivity contribution in [3.05, 3.63) is 87.6 Å². The van der Waals surface area contributed by atoms with E-state index in [1.165, 1.54) is 14.2 Å². The van der Waals surface area contributed by atoms with Crippen molar-refractivity contribution in [3.63, 3.8) is 0 Å². The van der Waals surface area contributed by atoms with Gasteiger partial charge in [-0.25, -0.2) is 0 Å². The largest absolute Gasteiger partial charge is 0.493 e. The molecular weight excluding hydrogens is 456 g/mol. The van der Waals surface area contributed by atoms with Crippen molar-refractivity contribution in [3.8, 4) is 28.6 Å². The maximum Gasteiger partial charge on any atom is 0.235 e. The van der Waals surface area contributed by atoms with Gasteiger partial charge in [0.15, 0.2) is 29.6 Å². The van der Waals surface area contributed by atoms with Crippen LogP contribution in [0.5, 0.6) is 17.2 Å². The smallest absolute Gasteiger partial charge is 0.235 e. The number of hydrogen-bond acceptors (Lipinski definition) is 6. The Bertz CT molecular complexity index is 1470. The number of hydrogen-bond donors (Lipinski definition) is 0. The predicted molar refractivity (Wildman–Crippen MR) is 141 cm³/mol. The van der Waals surface area contributed by atoms with Crippen LogP contribution in [0.25, 0.3) is 22.3 Å². The van der Waals surface area contributed by atoms with E-state index < -0.39 is 0 Å². The topological polar surface area (TPSA) is 75.0 Å². The molecule has 0 saturated heterocycles. The lowest BCUT2D eigenvalue weighted by molar-refractivity contribution is 0.0920. The van der Waals surface area contributed by atoms with Gasteiger partial charge >= 0.3 is 0 Å². The van der Waals surface area contributed by atoms with E-state index in [0.29, 0.717) is 39.4 Å². The van der Waals surface area contributed by atoms with E-state index in [1.807, 2.05) is 43.3 Å². The minimum Gasteiger partial charge on any atom is -0.493 e. The van der Waals surface area contributed by atoms with Gasteiger partial charge in [-0.3, -0.25) is 9.59 Å². The molecule has 36 heavy (non-hydrogen) atoms. The molecule has 0 aliphatic carbocycles. The first-order chi connectivity index (χ1) is 17.1. The first-order valence-electron chi connectivity index (χ1n) is 11.7. The van der Waals surface area contributed by atoms with Gasteiger partial charge in [-0.1, -0.05) is 51.1 Å². The molecule has 0 N–H and O–H groups in total. The number of ether oxygens (including phenoxy) is 3. The van der Waals surface area contributed by atoms with Crippen LogP contribution in [0, 0.1) is 6.92 Å². The molecule has 4 rings (SSSR count). The Labute approximate surface area is 210 Å². The van der Waals surface area contributed by atoms with E-state index in [9.17, 15) is 9.59 Å². The number of fused-ring (bicyclic) bond motifs is 1. The number of aryl methyl sites for hydroxylation is 1. The molecule has 6 nitrogen and oxygen atoms in total. The lowest BCUT2D eigenvalue weighted by Gasteiger charge is -2.19. The van der Waals surface area contributed by atoms with Crippen molar-refractivity contribution in [1.82, 2.24) is 0 Å². The Morgan fingerprint density at radius 2 is 1.58 bits per heavy atom. The molecule has 0 spiro atoms. The Hall–Kier alpha value is -4.06. The standard InChI is InChI=1S/C30H30O6/c1-18-7-13-22-25(15-18)36-28(19-8-11-21(12-9-19)30(2,3)4)29(27(22)32)35-17-23(31)20-10-14-24(33-5)26(16-20)34-6/h7-16H,17H2,1-6H3. The summed E-state index contributed by atoms with van der Waals surface area (Å²) in [5.41, 5.74) is 3.31. The molecule has 0 fully saturated rings. The van der Waals surface area contributed by atoms with E-state index in [1.54, 1.807) is 24.3 Å². The van der Waals surface area contributed by atoms with Crippen molar-refractivity contribution < 1.29 is 23.4 Å². The summed E-state index contributed by atoms with van der Waals surface area (Å²) in [6, 6.07) is 18.1. The molecule has 1 heterocycles. The van der Waals surface area contributed by atoms with Gasteiger partial charge in [0, 0.05) is 11.1 Å². The Balaban J connectivity index is 1.74. The highest BCUT2D eigenvalue weighted by Crippen LogP contribution is 2.33. The van der Waals surface area contributed by atoms with Gasteiger partial charge in [-0.15, -0.1) is 0 Å². The third-order valence-corrected chi connectivity index (χ3v) is 6.07. The van der Waals surface area contributed by atoms with Gasteiger partial charge in [0.25, 0.3) is 0 Å². The fraction of sp³-hybridized carbons (Fsp3) is 0.267. The zero-order valence-corrected chi connectivity index (χ0v) is 21.4. The van der Waals surface area contributed by atoms with E-state index >= 15 is 0 Å². The van der Waals surface area contributed by atoms with Gasteiger partial charge in [-0.05, 0) is 53.8 Å². The van der Waals surface area contributed by atoms with Crippen LogP contribution in [0.4, 0.5) is 0 Å². The summed E-state index contributed by atoms with van der Waals surface area (Å²) in [6.07, 6.45) is 0. The number of Topliss-reactive ketones (excluding diaryl/α,β-unsaturated/α-hetero) is 1. The summed E-state index contributed by atoms with van der Waals surface area (Å²) in [5, 5.41) is 0.393. The van der Waals surface area contributed by atoms with Gasteiger partial charge < -0.3 is 18.6 Å². The van der Waals surface area contributed by atoms with Crippen molar-refractivity contribution in [2.45, 2.75) is 33.1 Å². The maximum absolute atomic E-state index is 13.5. The van der Waals surface area contributed by atoms with Crippen LogP contribution in [0.3, 0.4) is 0 Å². The van der Waals surface area contributed by atoms with Crippen molar-refractivity contribution in [2.24, 2.45) is 0 Å². The third-order valence-electron chi connectivity index (χ3n) is 6.07. The lowest BCUT2D eigenvalue weighted by Crippen LogP contribution is -2.17. The molecule has 0 bridgehead atoms. The molecule has 186 valence electrons. The quantitative estimate of drug-likeness (QED) is 0.284. The molecule has 0 amide bonds. The van der Waals surface area contributed by atoms with Crippen LogP contribution < -0.4 is 19.6 Å². The minimum atomic E-state index is -0.343. The molecule has 0 radical (unpaired) electrons. The minimum absolute atomic E-state index is 0.00342. The Morgan fingerprint density at radius 3 is 2.22 bits per heavy atom.